The molecule has 7 nitrogen and oxygen atoms in total. The molecule has 0 radical (unpaired) electrons. The van der Waals surface area contributed by atoms with Gasteiger partial charge >= 0.3 is 0 Å². The van der Waals surface area contributed by atoms with Gasteiger partial charge < -0.3 is 20.4 Å². The predicted octanol–water partition coefficient (Wildman–Crippen LogP) is 2.28. The van der Waals surface area contributed by atoms with Gasteiger partial charge in [-0.15, -0.1) is 0 Å². The van der Waals surface area contributed by atoms with Crippen LogP contribution in [0.4, 0.5) is 5.69 Å². The monoisotopic (exact) mass is 393 g/mol. The number of hydrogen-bond acceptors (Lipinski definition) is 5. The summed E-state index contributed by atoms with van der Waals surface area (Å²) in [7, 11) is 0. The van der Waals surface area contributed by atoms with Crippen LogP contribution in [0.25, 0.3) is 10.9 Å². The Morgan fingerprint density at radius 1 is 1.14 bits per heavy atom. The number of carbonyl (C=O) groups excluding carboxylic acids is 1. The first kappa shape index (κ1) is 19.4. The summed E-state index contributed by atoms with van der Waals surface area (Å²) in [6.45, 7) is 5.98. The number of nitrogens with one attached hydrogen (secondary N) is 3. The molecule has 1 fully saturated rings. The van der Waals surface area contributed by atoms with E-state index in [1.807, 2.05) is 24.4 Å². The number of pyridine rings is 1. The highest BCUT2D eigenvalue weighted by molar-refractivity contribution is 5.92. The number of H-pyrrole nitrogens is 1. The normalized spacial score (nSPS) is 14.8. The van der Waals surface area contributed by atoms with E-state index >= 15 is 0 Å². The van der Waals surface area contributed by atoms with Crippen LogP contribution in [-0.4, -0.2) is 66.7 Å². The Morgan fingerprint density at radius 2 is 2.00 bits per heavy atom. The first-order valence-corrected chi connectivity index (χ1v) is 10.1. The van der Waals surface area contributed by atoms with E-state index in [4.69, 9.17) is 4.74 Å². The van der Waals surface area contributed by atoms with Crippen LogP contribution in [0.2, 0.25) is 0 Å². The second kappa shape index (κ2) is 9.54. The summed E-state index contributed by atoms with van der Waals surface area (Å²) in [5.41, 5.74) is 3.68. The third-order valence-electron chi connectivity index (χ3n) is 5.21. The van der Waals surface area contributed by atoms with Gasteiger partial charge in [0.05, 0.1) is 25.1 Å². The van der Waals surface area contributed by atoms with E-state index in [1.165, 1.54) is 10.9 Å². The third-order valence-corrected chi connectivity index (χ3v) is 5.21. The molecular formula is C22H27N5O2. The van der Waals surface area contributed by atoms with Crippen LogP contribution in [0, 0.1) is 0 Å². The molecule has 0 unspecified atom stereocenters. The Morgan fingerprint density at radius 3 is 2.83 bits per heavy atom. The number of morpholine rings is 1. The van der Waals surface area contributed by atoms with Crippen molar-refractivity contribution in [1.29, 1.82) is 0 Å². The first-order valence-electron chi connectivity index (χ1n) is 10.1. The van der Waals surface area contributed by atoms with Gasteiger partial charge in [-0.3, -0.25) is 9.69 Å². The Bertz CT molecular complexity index is 932. The molecule has 4 rings (SSSR count). The van der Waals surface area contributed by atoms with Crippen LogP contribution in [-0.2, 0) is 11.2 Å². The largest absolute Gasteiger partial charge is 0.383 e. The fourth-order valence-corrected chi connectivity index (χ4v) is 3.56. The number of nitrogens with zero attached hydrogens (tertiary/aromatic N) is 2. The molecule has 0 bridgehead atoms. The lowest BCUT2D eigenvalue weighted by Crippen LogP contribution is -2.39. The number of ether oxygens (including phenoxy) is 1. The van der Waals surface area contributed by atoms with Gasteiger partial charge in [0, 0.05) is 49.8 Å². The lowest BCUT2D eigenvalue weighted by atomic mass is 10.1. The summed E-state index contributed by atoms with van der Waals surface area (Å²) in [5.74, 6) is -0.148. The molecule has 2 aromatic heterocycles. The molecule has 0 aliphatic carbocycles. The summed E-state index contributed by atoms with van der Waals surface area (Å²) < 4.78 is 5.36. The summed E-state index contributed by atoms with van der Waals surface area (Å²) >= 11 is 0. The average molecular weight is 393 g/mol. The van der Waals surface area contributed by atoms with Crippen molar-refractivity contribution in [3.8, 4) is 0 Å². The van der Waals surface area contributed by atoms with Crippen molar-refractivity contribution in [2.24, 2.45) is 0 Å². The van der Waals surface area contributed by atoms with Crippen LogP contribution in [0.15, 0.2) is 48.8 Å². The zero-order valence-corrected chi connectivity index (χ0v) is 16.5. The van der Waals surface area contributed by atoms with Crippen molar-refractivity contribution >= 4 is 22.5 Å². The zero-order valence-electron chi connectivity index (χ0n) is 16.5. The predicted molar refractivity (Wildman–Crippen MR) is 114 cm³/mol. The number of amides is 1. The molecule has 1 amide bonds. The molecule has 1 aromatic carbocycles. The van der Waals surface area contributed by atoms with E-state index in [0.717, 1.165) is 57.0 Å². The number of fused-ring (bicyclic) bond motifs is 1. The average Bonchev–Trinajstić information content (AvgIpc) is 3.18. The molecular weight excluding hydrogens is 366 g/mol. The Hall–Kier alpha value is -2.90. The number of aromatic amines is 1. The number of carbonyl (C=O) groups is 1. The quantitative estimate of drug-likeness (QED) is 0.547. The maximum atomic E-state index is 12.3. The summed E-state index contributed by atoms with van der Waals surface area (Å²) in [4.78, 5) is 22.3. The molecule has 0 atom stereocenters. The third kappa shape index (κ3) is 5.13. The molecule has 7 heteroatoms. The van der Waals surface area contributed by atoms with E-state index in [0.29, 0.717) is 12.2 Å². The highest BCUT2D eigenvalue weighted by Crippen LogP contribution is 2.17. The van der Waals surface area contributed by atoms with Gasteiger partial charge in [0.1, 0.15) is 5.69 Å². The fourth-order valence-electron chi connectivity index (χ4n) is 3.56. The molecule has 3 aromatic rings. The molecule has 29 heavy (non-hydrogen) atoms. The molecule has 152 valence electrons. The molecule has 1 aliphatic heterocycles. The van der Waals surface area contributed by atoms with Crippen LogP contribution in [0.1, 0.15) is 16.1 Å². The molecule has 1 saturated heterocycles. The standard InChI is InChI=1S/C22H27N5O2/c28-22(24-8-7-17-15-25-20-4-2-1-3-19(17)20)21-6-5-18(16-26-21)23-9-10-27-11-13-29-14-12-27/h1-6,15-16,23,25H,7-14H2,(H,24,28). The van der Waals surface area contributed by atoms with E-state index in [2.05, 4.69) is 37.6 Å². The maximum Gasteiger partial charge on any atom is 0.269 e. The van der Waals surface area contributed by atoms with Gasteiger partial charge in [0.15, 0.2) is 0 Å². The number of benzene rings is 1. The summed E-state index contributed by atoms with van der Waals surface area (Å²) in [6.07, 6.45) is 4.50. The highest BCUT2D eigenvalue weighted by Gasteiger charge is 2.10. The van der Waals surface area contributed by atoms with Crippen molar-refractivity contribution in [2.45, 2.75) is 6.42 Å². The minimum Gasteiger partial charge on any atom is -0.383 e. The van der Waals surface area contributed by atoms with E-state index in [-0.39, 0.29) is 5.91 Å². The van der Waals surface area contributed by atoms with Crippen LogP contribution >= 0.6 is 0 Å². The molecule has 0 saturated carbocycles. The van der Waals surface area contributed by atoms with Gasteiger partial charge in [0.25, 0.3) is 5.91 Å². The second-order valence-corrected chi connectivity index (χ2v) is 7.18. The number of aromatic nitrogens is 2. The van der Waals surface area contributed by atoms with Crippen LogP contribution in [0.5, 0.6) is 0 Å². The number of para-hydroxylation sites is 1. The number of hydrogen-bond donors (Lipinski definition) is 3. The minimum absolute atomic E-state index is 0.148. The van der Waals surface area contributed by atoms with Gasteiger partial charge in [0.2, 0.25) is 0 Å². The van der Waals surface area contributed by atoms with Gasteiger partial charge in [-0.25, -0.2) is 4.98 Å². The van der Waals surface area contributed by atoms with Crippen LogP contribution < -0.4 is 10.6 Å². The zero-order chi connectivity index (χ0) is 19.9. The van der Waals surface area contributed by atoms with Crippen molar-refractivity contribution in [2.75, 3.05) is 51.3 Å². The lowest BCUT2D eigenvalue weighted by Gasteiger charge is -2.26. The Labute approximate surface area is 170 Å². The fraction of sp³-hybridized carbons (Fsp3) is 0.364. The smallest absolute Gasteiger partial charge is 0.269 e. The molecule has 0 spiro atoms. The molecule has 3 N–H and O–H groups in total. The topological polar surface area (TPSA) is 82.3 Å². The van der Waals surface area contributed by atoms with E-state index < -0.39 is 0 Å². The summed E-state index contributed by atoms with van der Waals surface area (Å²) in [5, 5.41) is 7.51. The van der Waals surface area contributed by atoms with Crippen molar-refractivity contribution in [1.82, 2.24) is 20.2 Å². The van der Waals surface area contributed by atoms with Crippen molar-refractivity contribution in [3.05, 3.63) is 60.0 Å². The molecule has 3 heterocycles. The van der Waals surface area contributed by atoms with E-state index in [1.54, 1.807) is 12.3 Å². The van der Waals surface area contributed by atoms with Gasteiger partial charge in [-0.1, -0.05) is 18.2 Å². The minimum atomic E-state index is -0.148. The number of rotatable bonds is 8. The SMILES string of the molecule is O=C(NCCc1c[nH]c2ccccc12)c1ccc(NCCN2CCOCC2)cn1. The number of anilines is 1. The van der Waals surface area contributed by atoms with Gasteiger partial charge in [-0.05, 0) is 30.2 Å². The van der Waals surface area contributed by atoms with E-state index in [9.17, 15) is 4.79 Å². The van der Waals surface area contributed by atoms with Crippen molar-refractivity contribution in [3.63, 3.8) is 0 Å². The Balaban J connectivity index is 1.21. The Kier molecular flexibility index (Phi) is 6.38. The molecule has 1 aliphatic rings. The second-order valence-electron chi connectivity index (χ2n) is 7.18. The van der Waals surface area contributed by atoms with Gasteiger partial charge in [-0.2, -0.15) is 0 Å². The van der Waals surface area contributed by atoms with Crippen molar-refractivity contribution < 1.29 is 9.53 Å². The first-order chi connectivity index (χ1) is 14.3. The maximum absolute atomic E-state index is 12.3. The summed E-state index contributed by atoms with van der Waals surface area (Å²) in [6, 6.07) is 11.8. The van der Waals surface area contributed by atoms with Crippen LogP contribution in [0.3, 0.4) is 0 Å². The lowest BCUT2D eigenvalue weighted by molar-refractivity contribution is 0.0398. The highest BCUT2D eigenvalue weighted by atomic mass is 16.5.